The Morgan fingerprint density at radius 3 is 2.72 bits per heavy atom. The second kappa shape index (κ2) is 10.1. The van der Waals surface area contributed by atoms with Gasteiger partial charge in [0.25, 0.3) is 5.91 Å². The molecule has 3 rings (SSSR count). The molecule has 9 heteroatoms. The number of hydrogen-bond donors (Lipinski definition) is 1. The standard InChI is InChI=1S/C20H19Cl2FN4OS/c1-2-3-9-29-20-26-25-18(27(20)15-7-8-16(21)17(22)11-15)12-24-19(28)13-5-4-6-14(23)10-13/h4-8,10-11H,2-3,9,12H2,1H3,(H,24,28). The number of unbranched alkanes of at least 4 members (excludes halogenated alkanes) is 1. The van der Waals surface area contributed by atoms with Crippen LogP contribution in [-0.2, 0) is 6.54 Å². The van der Waals surface area contributed by atoms with Gasteiger partial charge in [0.15, 0.2) is 11.0 Å². The van der Waals surface area contributed by atoms with Gasteiger partial charge in [0.1, 0.15) is 5.82 Å². The molecular weight excluding hydrogens is 434 g/mol. The number of nitrogens with one attached hydrogen (secondary N) is 1. The van der Waals surface area contributed by atoms with E-state index in [1.165, 1.54) is 18.2 Å². The zero-order valence-electron chi connectivity index (χ0n) is 15.7. The summed E-state index contributed by atoms with van der Waals surface area (Å²) in [6.07, 6.45) is 2.12. The van der Waals surface area contributed by atoms with Gasteiger partial charge < -0.3 is 5.32 Å². The molecule has 0 aliphatic heterocycles. The summed E-state index contributed by atoms with van der Waals surface area (Å²) in [6, 6.07) is 10.8. The summed E-state index contributed by atoms with van der Waals surface area (Å²) in [5, 5.41) is 12.8. The van der Waals surface area contributed by atoms with Gasteiger partial charge in [-0.2, -0.15) is 0 Å². The number of benzene rings is 2. The predicted octanol–water partition coefficient (Wildman–Crippen LogP) is 5.54. The van der Waals surface area contributed by atoms with Gasteiger partial charge in [-0.15, -0.1) is 10.2 Å². The van der Waals surface area contributed by atoms with Crippen molar-refractivity contribution in [1.29, 1.82) is 0 Å². The second-order valence-electron chi connectivity index (χ2n) is 6.23. The first-order valence-corrected chi connectivity index (χ1v) is 10.8. The van der Waals surface area contributed by atoms with Crippen LogP contribution in [0.5, 0.6) is 0 Å². The molecule has 0 saturated carbocycles. The number of carbonyl (C=O) groups is 1. The van der Waals surface area contributed by atoms with E-state index in [1.54, 1.807) is 30.0 Å². The van der Waals surface area contributed by atoms with Crippen LogP contribution in [0.25, 0.3) is 5.69 Å². The number of rotatable bonds is 8. The van der Waals surface area contributed by atoms with Gasteiger partial charge in [-0.25, -0.2) is 4.39 Å². The van der Waals surface area contributed by atoms with Crippen molar-refractivity contribution in [2.75, 3.05) is 5.75 Å². The Balaban J connectivity index is 1.85. The van der Waals surface area contributed by atoms with Gasteiger partial charge in [-0.1, -0.05) is 54.4 Å². The molecule has 0 aliphatic carbocycles. The summed E-state index contributed by atoms with van der Waals surface area (Å²) in [5.41, 5.74) is 0.988. The molecule has 1 aromatic heterocycles. The summed E-state index contributed by atoms with van der Waals surface area (Å²) in [7, 11) is 0. The van der Waals surface area contributed by atoms with E-state index < -0.39 is 11.7 Å². The Hall–Kier alpha value is -2.09. The highest BCUT2D eigenvalue weighted by atomic mass is 35.5. The normalized spacial score (nSPS) is 10.9. The van der Waals surface area contributed by atoms with Crippen LogP contribution in [-0.4, -0.2) is 26.4 Å². The predicted molar refractivity (Wildman–Crippen MR) is 115 cm³/mol. The third-order valence-electron chi connectivity index (χ3n) is 4.08. The third-order valence-corrected chi connectivity index (χ3v) is 5.84. The van der Waals surface area contributed by atoms with Gasteiger partial charge in [0.2, 0.25) is 0 Å². The number of aromatic nitrogens is 3. The lowest BCUT2D eigenvalue weighted by molar-refractivity contribution is 0.0949. The summed E-state index contributed by atoms with van der Waals surface area (Å²) in [5.74, 6) is 0.567. The van der Waals surface area contributed by atoms with Crippen LogP contribution in [0.2, 0.25) is 10.0 Å². The molecule has 3 aromatic rings. The van der Waals surface area contributed by atoms with E-state index in [2.05, 4.69) is 22.4 Å². The van der Waals surface area contributed by atoms with Crippen molar-refractivity contribution in [2.45, 2.75) is 31.5 Å². The average molecular weight is 453 g/mol. The van der Waals surface area contributed by atoms with Crippen LogP contribution in [0, 0.1) is 5.82 Å². The van der Waals surface area contributed by atoms with Gasteiger partial charge in [-0.3, -0.25) is 9.36 Å². The van der Waals surface area contributed by atoms with E-state index in [4.69, 9.17) is 23.2 Å². The van der Waals surface area contributed by atoms with Crippen LogP contribution in [0.4, 0.5) is 4.39 Å². The molecule has 0 spiro atoms. The topological polar surface area (TPSA) is 59.8 Å². The molecule has 0 unspecified atom stereocenters. The molecule has 5 nitrogen and oxygen atoms in total. The lowest BCUT2D eigenvalue weighted by Gasteiger charge is -2.12. The Labute approximate surface area is 182 Å². The largest absolute Gasteiger partial charge is 0.345 e. The van der Waals surface area contributed by atoms with E-state index in [0.717, 1.165) is 24.3 Å². The monoisotopic (exact) mass is 452 g/mol. The molecule has 29 heavy (non-hydrogen) atoms. The fourth-order valence-corrected chi connectivity index (χ4v) is 3.94. The molecule has 152 valence electrons. The van der Waals surface area contributed by atoms with Crippen molar-refractivity contribution in [3.8, 4) is 5.69 Å². The van der Waals surface area contributed by atoms with E-state index in [1.807, 2.05) is 10.6 Å². The lowest BCUT2D eigenvalue weighted by Crippen LogP contribution is -2.24. The molecule has 1 amide bonds. The minimum absolute atomic E-state index is 0.122. The zero-order chi connectivity index (χ0) is 20.8. The molecule has 2 aromatic carbocycles. The molecule has 1 N–H and O–H groups in total. The molecule has 0 radical (unpaired) electrons. The number of amides is 1. The molecule has 0 aliphatic rings. The number of halogens is 3. The van der Waals surface area contributed by atoms with Gasteiger partial charge in [0.05, 0.1) is 22.3 Å². The van der Waals surface area contributed by atoms with Crippen molar-refractivity contribution >= 4 is 40.9 Å². The second-order valence-corrected chi connectivity index (χ2v) is 8.10. The summed E-state index contributed by atoms with van der Waals surface area (Å²) < 4.78 is 15.2. The van der Waals surface area contributed by atoms with Crippen LogP contribution in [0.15, 0.2) is 47.6 Å². The van der Waals surface area contributed by atoms with Crippen LogP contribution in [0.1, 0.15) is 35.9 Å². The Morgan fingerprint density at radius 2 is 2.00 bits per heavy atom. The first-order valence-electron chi connectivity index (χ1n) is 9.06. The molecule has 0 saturated heterocycles. The Morgan fingerprint density at radius 1 is 1.17 bits per heavy atom. The highest BCUT2D eigenvalue weighted by Gasteiger charge is 2.17. The van der Waals surface area contributed by atoms with E-state index in [9.17, 15) is 9.18 Å². The first-order chi connectivity index (χ1) is 14.0. The highest BCUT2D eigenvalue weighted by Crippen LogP contribution is 2.28. The lowest BCUT2D eigenvalue weighted by atomic mass is 10.2. The number of thioether (sulfide) groups is 1. The summed E-state index contributed by atoms with van der Waals surface area (Å²) >= 11 is 13.8. The molecule has 0 fully saturated rings. The fourth-order valence-electron chi connectivity index (χ4n) is 2.59. The Kier molecular flexibility index (Phi) is 7.52. The Bertz CT molecular complexity index is 1010. The van der Waals surface area contributed by atoms with Crippen molar-refractivity contribution in [1.82, 2.24) is 20.1 Å². The summed E-state index contributed by atoms with van der Waals surface area (Å²) in [4.78, 5) is 12.4. The molecule has 0 atom stereocenters. The third kappa shape index (κ3) is 5.50. The molecule has 1 heterocycles. The maximum Gasteiger partial charge on any atom is 0.251 e. The van der Waals surface area contributed by atoms with Gasteiger partial charge in [0, 0.05) is 11.3 Å². The van der Waals surface area contributed by atoms with Crippen LogP contribution in [0.3, 0.4) is 0 Å². The van der Waals surface area contributed by atoms with Crippen LogP contribution < -0.4 is 5.32 Å². The quantitative estimate of drug-likeness (QED) is 0.360. The van der Waals surface area contributed by atoms with E-state index >= 15 is 0 Å². The number of hydrogen-bond acceptors (Lipinski definition) is 4. The smallest absolute Gasteiger partial charge is 0.251 e. The average Bonchev–Trinajstić information content (AvgIpc) is 3.11. The SMILES string of the molecule is CCCCSc1nnc(CNC(=O)c2cccc(F)c2)n1-c1ccc(Cl)c(Cl)c1. The van der Waals surface area contributed by atoms with E-state index in [0.29, 0.717) is 21.0 Å². The molecule has 0 bridgehead atoms. The number of nitrogens with zero attached hydrogens (tertiary/aromatic N) is 3. The minimum atomic E-state index is -0.466. The van der Waals surface area contributed by atoms with Gasteiger partial charge in [-0.05, 0) is 42.8 Å². The van der Waals surface area contributed by atoms with Crippen LogP contribution >= 0.6 is 35.0 Å². The zero-order valence-corrected chi connectivity index (χ0v) is 18.0. The van der Waals surface area contributed by atoms with Crippen molar-refractivity contribution < 1.29 is 9.18 Å². The van der Waals surface area contributed by atoms with Crippen molar-refractivity contribution in [3.63, 3.8) is 0 Å². The van der Waals surface area contributed by atoms with Gasteiger partial charge >= 0.3 is 0 Å². The molecular formula is C20H19Cl2FN4OS. The van der Waals surface area contributed by atoms with E-state index in [-0.39, 0.29) is 12.1 Å². The fraction of sp³-hybridized carbons (Fsp3) is 0.250. The number of carbonyl (C=O) groups excluding carboxylic acids is 1. The minimum Gasteiger partial charge on any atom is -0.345 e. The first kappa shape index (κ1) is 21.6. The maximum absolute atomic E-state index is 13.4. The van der Waals surface area contributed by atoms with Crippen molar-refractivity contribution in [2.24, 2.45) is 0 Å². The highest BCUT2D eigenvalue weighted by molar-refractivity contribution is 7.99. The van der Waals surface area contributed by atoms with Crippen molar-refractivity contribution in [3.05, 3.63) is 69.7 Å². The summed E-state index contributed by atoms with van der Waals surface area (Å²) in [6.45, 7) is 2.24. The maximum atomic E-state index is 13.4.